The number of carbonyl (C=O) groups is 2. The first-order chi connectivity index (χ1) is 12.6. The highest BCUT2D eigenvalue weighted by molar-refractivity contribution is 5.85. The van der Waals surface area contributed by atoms with Crippen LogP contribution in [0.25, 0.3) is 0 Å². The van der Waals surface area contributed by atoms with E-state index in [1.807, 2.05) is 37.3 Å². The van der Waals surface area contributed by atoms with E-state index in [4.69, 9.17) is 19.0 Å². The highest BCUT2D eigenvalue weighted by Crippen LogP contribution is 2.39. The van der Waals surface area contributed by atoms with E-state index >= 15 is 0 Å². The Labute approximate surface area is 153 Å². The van der Waals surface area contributed by atoms with Crippen molar-refractivity contribution >= 4 is 11.9 Å². The molecule has 0 spiro atoms. The molecule has 2 heterocycles. The number of hydrogen-bond donors (Lipinski definition) is 0. The number of carbonyl (C=O) groups excluding carboxylic acids is 2. The van der Waals surface area contributed by atoms with Crippen LogP contribution >= 0.6 is 0 Å². The molecule has 0 radical (unpaired) electrons. The highest BCUT2D eigenvalue weighted by Gasteiger charge is 2.53. The Bertz CT molecular complexity index is 628. The molecule has 0 N–H and O–H groups in total. The molecule has 2 aliphatic rings. The lowest BCUT2D eigenvalue weighted by Crippen LogP contribution is -2.62. The van der Waals surface area contributed by atoms with Gasteiger partial charge in [-0.25, -0.2) is 5.06 Å². The topological polar surface area (TPSA) is 74.3 Å². The molecule has 1 aromatic rings. The fourth-order valence-corrected chi connectivity index (χ4v) is 3.52. The predicted octanol–water partition coefficient (Wildman–Crippen LogP) is 2.05. The van der Waals surface area contributed by atoms with Crippen molar-refractivity contribution in [2.24, 2.45) is 5.92 Å². The second-order valence-corrected chi connectivity index (χ2v) is 6.57. The molecule has 1 amide bonds. The van der Waals surface area contributed by atoms with E-state index in [0.29, 0.717) is 32.7 Å². The summed E-state index contributed by atoms with van der Waals surface area (Å²) in [5.74, 6) is -1.66. The van der Waals surface area contributed by atoms with E-state index in [2.05, 4.69) is 0 Å². The van der Waals surface area contributed by atoms with Gasteiger partial charge in [-0.3, -0.25) is 14.4 Å². The maximum absolute atomic E-state index is 12.4. The Hall–Kier alpha value is -1.96. The molecule has 3 rings (SSSR count). The molecule has 2 atom stereocenters. The minimum Gasteiger partial charge on any atom is -0.469 e. The maximum atomic E-state index is 12.4. The standard InChI is InChI=1S/C19H25NO6/c1-3-15-16(11-19(12-17(21)23-2)24-9-10-25-19)20(18(15)22)26-13-14-7-5-4-6-8-14/h4-8,15-16H,3,9-13H2,1-2H3/t15?,16-/m1/s1. The van der Waals surface area contributed by atoms with E-state index in [-0.39, 0.29) is 24.3 Å². The monoisotopic (exact) mass is 363 g/mol. The van der Waals surface area contributed by atoms with Crippen molar-refractivity contribution in [1.29, 1.82) is 0 Å². The van der Waals surface area contributed by atoms with Gasteiger partial charge in [0.05, 0.1) is 38.7 Å². The fraction of sp³-hybridized carbons (Fsp3) is 0.579. The van der Waals surface area contributed by atoms with Gasteiger partial charge in [-0.15, -0.1) is 0 Å². The number of β-lactam (4-membered cyclic amide) rings is 1. The van der Waals surface area contributed by atoms with Gasteiger partial charge in [0.1, 0.15) is 6.61 Å². The molecule has 7 nitrogen and oxygen atoms in total. The van der Waals surface area contributed by atoms with Crippen molar-refractivity contribution in [2.75, 3.05) is 20.3 Å². The molecule has 0 saturated carbocycles. The van der Waals surface area contributed by atoms with Crippen molar-refractivity contribution in [3.63, 3.8) is 0 Å². The molecular weight excluding hydrogens is 338 g/mol. The summed E-state index contributed by atoms with van der Waals surface area (Å²) < 4.78 is 16.3. The van der Waals surface area contributed by atoms with Crippen LogP contribution in [0.4, 0.5) is 0 Å². The maximum Gasteiger partial charge on any atom is 0.310 e. The van der Waals surface area contributed by atoms with Crippen LogP contribution in [0.5, 0.6) is 0 Å². The van der Waals surface area contributed by atoms with Crippen LogP contribution in [0, 0.1) is 5.92 Å². The molecule has 7 heteroatoms. The van der Waals surface area contributed by atoms with Gasteiger partial charge in [-0.2, -0.15) is 0 Å². The Morgan fingerprint density at radius 3 is 2.58 bits per heavy atom. The van der Waals surface area contributed by atoms with Gasteiger partial charge < -0.3 is 14.2 Å². The number of rotatable bonds is 8. The average Bonchev–Trinajstić information content (AvgIpc) is 3.11. The van der Waals surface area contributed by atoms with E-state index in [9.17, 15) is 9.59 Å². The zero-order chi connectivity index (χ0) is 18.6. The molecule has 0 aromatic heterocycles. The van der Waals surface area contributed by atoms with E-state index in [1.54, 1.807) is 0 Å². The quantitative estimate of drug-likeness (QED) is 0.520. The third-order valence-corrected chi connectivity index (χ3v) is 4.93. The number of benzene rings is 1. The molecule has 0 bridgehead atoms. The molecule has 1 unspecified atom stereocenters. The SMILES string of the molecule is CCC1C(=O)N(OCc2ccccc2)[C@@H]1CC1(CC(=O)OC)OCCO1. The number of hydroxylamine groups is 2. The lowest BCUT2D eigenvalue weighted by Gasteiger charge is -2.47. The van der Waals surface area contributed by atoms with Crippen molar-refractivity contribution in [1.82, 2.24) is 5.06 Å². The summed E-state index contributed by atoms with van der Waals surface area (Å²) in [6.45, 7) is 3.11. The van der Waals surface area contributed by atoms with Crippen LogP contribution in [-0.4, -0.2) is 49.1 Å². The zero-order valence-electron chi connectivity index (χ0n) is 15.2. The molecule has 142 valence electrons. The number of methoxy groups -OCH3 is 1. The van der Waals surface area contributed by atoms with Gasteiger partial charge in [0, 0.05) is 6.42 Å². The van der Waals surface area contributed by atoms with E-state index in [1.165, 1.54) is 12.2 Å². The molecular formula is C19H25NO6. The van der Waals surface area contributed by atoms with Crippen LogP contribution in [0.1, 0.15) is 31.7 Å². The summed E-state index contributed by atoms with van der Waals surface area (Å²) in [6.07, 6.45) is 1.07. The van der Waals surface area contributed by atoms with E-state index in [0.717, 1.165) is 5.56 Å². The first-order valence-corrected chi connectivity index (χ1v) is 8.93. The Morgan fingerprint density at radius 2 is 1.96 bits per heavy atom. The highest BCUT2D eigenvalue weighted by atomic mass is 16.7. The third-order valence-electron chi connectivity index (χ3n) is 4.93. The van der Waals surface area contributed by atoms with Gasteiger partial charge in [0.2, 0.25) is 0 Å². The normalized spacial score (nSPS) is 24.4. The van der Waals surface area contributed by atoms with Crippen LogP contribution in [-0.2, 0) is 35.2 Å². The molecule has 2 fully saturated rings. The molecule has 26 heavy (non-hydrogen) atoms. The largest absolute Gasteiger partial charge is 0.469 e. The lowest BCUT2D eigenvalue weighted by atomic mass is 9.82. The van der Waals surface area contributed by atoms with Crippen LogP contribution in [0.2, 0.25) is 0 Å². The second-order valence-electron chi connectivity index (χ2n) is 6.57. The molecule has 0 aliphatic carbocycles. The average molecular weight is 363 g/mol. The van der Waals surface area contributed by atoms with Gasteiger partial charge in [0.15, 0.2) is 5.79 Å². The number of esters is 1. The van der Waals surface area contributed by atoms with Crippen LogP contribution in [0.15, 0.2) is 30.3 Å². The third kappa shape index (κ3) is 3.90. The summed E-state index contributed by atoms with van der Waals surface area (Å²) in [5, 5.41) is 1.41. The molecule has 2 aliphatic heterocycles. The summed E-state index contributed by atoms with van der Waals surface area (Å²) in [7, 11) is 1.34. The van der Waals surface area contributed by atoms with Crippen molar-refractivity contribution < 1.29 is 28.6 Å². The van der Waals surface area contributed by atoms with Crippen LogP contribution < -0.4 is 0 Å². The smallest absolute Gasteiger partial charge is 0.310 e. The molecule has 1 aromatic carbocycles. The van der Waals surface area contributed by atoms with Crippen molar-refractivity contribution in [3.05, 3.63) is 35.9 Å². The zero-order valence-corrected chi connectivity index (χ0v) is 15.2. The van der Waals surface area contributed by atoms with E-state index < -0.39 is 11.8 Å². The Kier molecular flexibility index (Phi) is 5.90. The van der Waals surface area contributed by atoms with Crippen molar-refractivity contribution in [3.8, 4) is 0 Å². The number of nitrogens with zero attached hydrogens (tertiary/aromatic N) is 1. The predicted molar refractivity (Wildman–Crippen MR) is 91.5 cm³/mol. The van der Waals surface area contributed by atoms with Crippen LogP contribution in [0.3, 0.4) is 0 Å². The summed E-state index contributed by atoms with van der Waals surface area (Å²) in [4.78, 5) is 29.9. The minimum absolute atomic E-state index is 0.00283. The summed E-state index contributed by atoms with van der Waals surface area (Å²) in [5.41, 5.74) is 0.983. The lowest BCUT2D eigenvalue weighted by molar-refractivity contribution is -0.269. The fourth-order valence-electron chi connectivity index (χ4n) is 3.52. The van der Waals surface area contributed by atoms with Gasteiger partial charge in [-0.05, 0) is 12.0 Å². The summed E-state index contributed by atoms with van der Waals surface area (Å²) in [6, 6.07) is 9.47. The minimum atomic E-state index is -1.06. The van der Waals surface area contributed by atoms with Gasteiger partial charge in [-0.1, -0.05) is 37.3 Å². The Balaban J connectivity index is 1.68. The Morgan fingerprint density at radius 1 is 1.27 bits per heavy atom. The first-order valence-electron chi connectivity index (χ1n) is 8.93. The number of amides is 1. The second kappa shape index (κ2) is 8.16. The van der Waals surface area contributed by atoms with Crippen molar-refractivity contribution in [2.45, 2.75) is 44.6 Å². The number of ether oxygens (including phenoxy) is 3. The first kappa shape index (κ1) is 18.8. The molecule has 2 saturated heterocycles. The number of hydrogen-bond acceptors (Lipinski definition) is 6. The van der Waals surface area contributed by atoms with Gasteiger partial charge >= 0.3 is 5.97 Å². The summed E-state index contributed by atoms with van der Waals surface area (Å²) >= 11 is 0. The van der Waals surface area contributed by atoms with Gasteiger partial charge in [0.25, 0.3) is 5.91 Å².